The zero-order chi connectivity index (χ0) is 23.1. The van der Waals surface area contributed by atoms with E-state index in [1.165, 1.54) is 24.3 Å². The van der Waals surface area contributed by atoms with Crippen molar-refractivity contribution in [3.05, 3.63) is 41.8 Å². The van der Waals surface area contributed by atoms with Crippen molar-refractivity contribution in [2.45, 2.75) is 52.5 Å². The first-order valence-electron chi connectivity index (χ1n) is 11.1. The summed E-state index contributed by atoms with van der Waals surface area (Å²) in [6, 6.07) is 5.49. The van der Waals surface area contributed by atoms with E-state index in [9.17, 15) is 14.0 Å². The number of carbonyl (C=O) groups is 2. The third-order valence-corrected chi connectivity index (χ3v) is 5.44. The molecule has 0 radical (unpaired) electrons. The first kappa shape index (κ1) is 23.7. The Labute approximate surface area is 187 Å². The summed E-state index contributed by atoms with van der Waals surface area (Å²) in [6.45, 7) is 7.13. The Morgan fingerprint density at radius 1 is 1.31 bits per heavy atom. The third kappa shape index (κ3) is 6.77. The number of hydrogen-bond donors (Lipinski definition) is 0. The number of hydrogen-bond acceptors (Lipinski definition) is 6. The van der Waals surface area contributed by atoms with Crippen molar-refractivity contribution in [3.63, 3.8) is 0 Å². The molecule has 2 amide bonds. The van der Waals surface area contributed by atoms with Crippen LogP contribution in [-0.2, 0) is 22.4 Å². The number of halogens is 1. The Balaban J connectivity index is 1.53. The lowest BCUT2D eigenvalue weighted by molar-refractivity contribution is -0.139. The maximum atomic E-state index is 13.0. The van der Waals surface area contributed by atoms with Gasteiger partial charge in [-0.1, -0.05) is 19.0 Å². The summed E-state index contributed by atoms with van der Waals surface area (Å²) in [4.78, 5) is 32.9. The molecule has 1 unspecified atom stereocenters. The first-order chi connectivity index (χ1) is 15.3. The first-order valence-corrected chi connectivity index (χ1v) is 11.1. The van der Waals surface area contributed by atoms with Crippen molar-refractivity contribution in [2.24, 2.45) is 5.92 Å². The number of amides is 2. The van der Waals surface area contributed by atoms with Gasteiger partial charge in [0, 0.05) is 45.4 Å². The Morgan fingerprint density at radius 2 is 2.06 bits per heavy atom. The summed E-state index contributed by atoms with van der Waals surface area (Å²) in [5, 5.41) is 4.02. The van der Waals surface area contributed by atoms with E-state index in [1.54, 1.807) is 16.7 Å². The molecular weight excluding hydrogens is 415 g/mol. The molecule has 1 aromatic carbocycles. The van der Waals surface area contributed by atoms with Gasteiger partial charge in [-0.2, -0.15) is 4.98 Å². The highest BCUT2D eigenvalue weighted by Crippen LogP contribution is 2.18. The van der Waals surface area contributed by atoms with Gasteiger partial charge in [-0.3, -0.25) is 9.59 Å². The predicted octanol–water partition coefficient (Wildman–Crippen LogP) is 2.87. The fraction of sp³-hybridized carbons (Fsp3) is 0.565. The number of aromatic nitrogens is 2. The molecule has 0 N–H and O–H groups in total. The van der Waals surface area contributed by atoms with Crippen LogP contribution < -0.4 is 4.74 Å². The van der Waals surface area contributed by atoms with Crippen LogP contribution in [0.5, 0.6) is 5.75 Å². The van der Waals surface area contributed by atoms with Crippen molar-refractivity contribution in [2.75, 3.05) is 26.2 Å². The summed E-state index contributed by atoms with van der Waals surface area (Å²) < 4.78 is 23.8. The zero-order valence-corrected chi connectivity index (χ0v) is 18.9. The van der Waals surface area contributed by atoms with E-state index in [0.717, 1.165) is 19.3 Å². The Kier molecular flexibility index (Phi) is 8.19. The number of ether oxygens (including phenoxy) is 1. The van der Waals surface area contributed by atoms with Gasteiger partial charge in [0.15, 0.2) is 12.4 Å². The van der Waals surface area contributed by atoms with Gasteiger partial charge in [-0.15, -0.1) is 0 Å². The van der Waals surface area contributed by atoms with Crippen molar-refractivity contribution in [3.8, 4) is 5.75 Å². The average molecular weight is 447 g/mol. The summed E-state index contributed by atoms with van der Waals surface area (Å²) in [5.74, 6) is 1.51. The van der Waals surface area contributed by atoms with Gasteiger partial charge in [-0.05, 0) is 43.0 Å². The predicted molar refractivity (Wildman–Crippen MR) is 115 cm³/mol. The van der Waals surface area contributed by atoms with Crippen molar-refractivity contribution in [1.29, 1.82) is 0 Å². The van der Waals surface area contributed by atoms with Gasteiger partial charge in [0.25, 0.3) is 5.91 Å². The molecule has 1 aromatic heterocycles. The molecule has 1 fully saturated rings. The lowest BCUT2D eigenvalue weighted by Gasteiger charge is -2.39. The maximum absolute atomic E-state index is 13.0. The van der Waals surface area contributed by atoms with Gasteiger partial charge in [0.2, 0.25) is 11.8 Å². The van der Waals surface area contributed by atoms with E-state index in [2.05, 4.69) is 24.0 Å². The molecule has 9 heteroatoms. The third-order valence-electron chi connectivity index (χ3n) is 5.44. The van der Waals surface area contributed by atoms with E-state index in [1.807, 2.05) is 0 Å². The topological polar surface area (TPSA) is 88.8 Å². The average Bonchev–Trinajstić information content (AvgIpc) is 3.19. The van der Waals surface area contributed by atoms with Crippen molar-refractivity contribution in [1.82, 2.24) is 19.9 Å². The Hall–Kier alpha value is -2.97. The summed E-state index contributed by atoms with van der Waals surface area (Å²) >= 11 is 0. The lowest BCUT2D eigenvalue weighted by Crippen LogP contribution is -2.52. The fourth-order valence-electron chi connectivity index (χ4n) is 3.84. The SMILES string of the molecule is CC(=O)N(CCc1noc(CC(C)C)n1)C1CCCN(C(=O)COc2ccc(F)cc2)C1. The molecule has 0 saturated carbocycles. The number of piperidine rings is 1. The lowest BCUT2D eigenvalue weighted by atomic mass is 10.0. The molecule has 1 atom stereocenters. The van der Waals surface area contributed by atoms with E-state index in [-0.39, 0.29) is 30.3 Å². The van der Waals surface area contributed by atoms with Crippen LogP contribution in [0.3, 0.4) is 0 Å². The van der Waals surface area contributed by atoms with E-state index in [0.29, 0.717) is 49.4 Å². The van der Waals surface area contributed by atoms with Crippen LogP contribution in [0.4, 0.5) is 4.39 Å². The van der Waals surface area contributed by atoms with E-state index < -0.39 is 0 Å². The number of nitrogens with zero attached hydrogens (tertiary/aromatic N) is 4. The number of carbonyl (C=O) groups excluding carboxylic acids is 2. The molecule has 1 aliphatic rings. The number of rotatable bonds is 9. The highest BCUT2D eigenvalue weighted by molar-refractivity contribution is 5.78. The zero-order valence-electron chi connectivity index (χ0n) is 18.9. The van der Waals surface area contributed by atoms with Crippen molar-refractivity contribution >= 4 is 11.8 Å². The molecule has 174 valence electrons. The minimum Gasteiger partial charge on any atom is -0.484 e. The smallest absolute Gasteiger partial charge is 0.260 e. The second-order valence-electron chi connectivity index (χ2n) is 8.54. The van der Waals surface area contributed by atoms with Crippen LogP contribution in [0.2, 0.25) is 0 Å². The van der Waals surface area contributed by atoms with Gasteiger partial charge >= 0.3 is 0 Å². The molecular formula is C23H31FN4O4. The molecule has 2 heterocycles. The van der Waals surface area contributed by atoms with Crippen LogP contribution in [0.1, 0.15) is 45.3 Å². The van der Waals surface area contributed by atoms with Gasteiger partial charge in [0.1, 0.15) is 11.6 Å². The maximum Gasteiger partial charge on any atom is 0.260 e. The van der Waals surface area contributed by atoms with E-state index >= 15 is 0 Å². The normalized spacial score (nSPS) is 16.3. The number of likely N-dealkylation sites (tertiary alicyclic amines) is 1. The van der Waals surface area contributed by atoms with Crippen LogP contribution in [0.15, 0.2) is 28.8 Å². The van der Waals surface area contributed by atoms with Crippen LogP contribution in [0, 0.1) is 11.7 Å². The van der Waals surface area contributed by atoms with Gasteiger partial charge in [0.05, 0.1) is 0 Å². The van der Waals surface area contributed by atoms with Crippen molar-refractivity contribution < 1.29 is 23.2 Å². The molecule has 0 bridgehead atoms. The largest absolute Gasteiger partial charge is 0.484 e. The minimum atomic E-state index is -0.358. The van der Waals surface area contributed by atoms with E-state index in [4.69, 9.17) is 9.26 Å². The molecule has 8 nitrogen and oxygen atoms in total. The standard InChI is InChI=1S/C23H31FN4O4/c1-16(2)13-22-25-21(26-32-22)10-12-28(17(3)29)19-5-4-11-27(14-19)23(30)15-31-20-8-6-18(24)7-9-20/h6-9,16,19H,4-5,10-15H2,1-3H3. The Bertz CT molecular complexity index is 900. The second kappa shape index (κ2) is 11.1. The van der Waals surface area contributed by atoms with Crippen LogP contribution in [-0.4, -0.2) is 64.0 Å². The second-order valence-corrected chi connectivity index (χ2v) is 8.54. The fourth-order valence-corrected chi connectivity index (χ4v) is 3.84. The van der Waals surface area contributed by atoms with Crippen LogP contribution in [0.25, 0.3) is 0 Å². The highest BCUT2D eigenvalue weighted by atomic mass is 19.1. The van der Waals surface area contributed by atoms with Gasteiger partial charge < -0.3 is 19.1 Å². The monoisotopic (exact) mass is 446 g/mol. The summed E-state index contributed by atoms with van der Waals surface area (Å²) in [6.07, 6.45) is 2.85. The molecule has 2 aromatic rings. The molecule has 0 aliphatic carbocycles. The molecule has 0 spiro atoms. The number of benzene rings is 1. The highest BCUT2D eigenvalue weighted by Gasteiger charge is 2.29. The summed E-state index contributed by atoms with van der Waals surface area (Å²) in [7, 11) is 0. The quantitative estimate of drug-likeness (QED) is 0.589. The summed E-state index contributed by atoms with van der Waals surface area (Å²) in [5.41, 5.74) is 0. The molecule has 1 aliphatic heterocycles. The molecule has 1 saturated heterocycles. The molecule has 3 rings (SSSR count). The van der Waals surface area contributed by atoms with Gasteiger partial charge in [-0.25, -0.2) is 4.39 Å². The minimum absolute atomic E-state index is 0.0437. The Morgan fingerprint density at radius 3 is 2.75 bits per heavy atom. The molecule has 32 heavy (non-hydrogen) atoms. The van der Waals surface area contributed by atoms with Crippen LogP contribution >= 0.6 is 0 Å².